The molecule has 0 amide bonds. The lowest BCUT2D eigenvalue weighted by atomic mass is 10.1. The van der Waals surface area contributed by atoms with Crippen molar-refractivity contribution in [2.24, 2.45) is 0 Å². The molecule has 1 heterocycles. The highest BCUT2D eigenvalue weighted by Gasteiger charge is 2.12. The molecule has 0 saturated carbocycles. The fourth-order valence-corrected chi connectivity index (χ4v) is 3.07. The highest BCUT2D eigenvalue weighted by molar-refractivity contribution is 9.10. The summed E-state index contributed by atoms with van der Waals surface area (Å²) < 4.78 is 11.7. The number of hydrogen-bond acceptors (Lipinski definition) is 6. The minimum atomic E-state index is 0.0207. The van der Waals surface area contributed by atoms with Gasteiger partial charge in [-0.25, -0.2) is 0 Å². The van der Waals surface area contributed by atoms with Crippen LogP contribution in [0.4, 0.5) is 0 Å². The van der Waals surface area contributed by atoms with Crippen LogP contribution in [0.3, 0.4) is 0 Å². The van der Waals surface area contributed by atoms with Crippen LogP contribution in [0.1, 0.15) is 21.8 Å². The lowest BCUT2D eigenvalue weighted by Crippen LogP contribution is -2.01. The first-order chi connectivity index (χ1) is 12.1. The van der Waals surface area contributed by atoms with Gasteiger partial charge in [-0.15, -0.1) is 10.2 Å². The smallest absolute Gasteiger partial charge is 0.277 e. The molecule has 0 fully saturated rings. The fourth-order valence-electron chi connectivity index (χ4n) is 2.13. The predicted molar refractivity (Wildman–Crippen MR) is 99.3 cm³/mol. The molecule has 7 heteroatoms. The predicted octanol–water partition coefficient (Wildman–Crippen LogP) is 4.41. The van der Waals surface area contributed by atoms with Gasteiger partial charge in [0.2, 0.25) is 5.89 Å². The first-order valence-electron chi connectivity index (χ1n) is 7.51. The summed E-state index contributed by atoms with van der Waals surface area (Å²) in [5.41, 5.74) is 1.71. The zero-order valence-corrected chi connectivity index (χ0v) is 15.8. The Morgan fingerprint density at radius 2 is 1.84 bits per heavy atom. The van der Waals surface area contributed by atoms with Gasteiger partial charge in [-0.2, -0.15) is 0 Å². The maximum atomic E-state index is 12.1. The van der Waals surface area contributed by atoms with E-state index in [4.69, 9.17) is 9.15 Å². The number of carbonyl (C=O) groups excluding carboxylic acids is 1. The molecule has 0 aliphatic heterocycles. The second kappa shape index (κ2) is 8.31. The summed E-state index contributed by atoms with van der Waals surface area (Å²) in [6.07, 6.45) is 0.540. The number of thioether (sulfide) groups is 1. The van der Waals surface area contributed by atoms with Gasteiger partial charge < -0.3 is 9.15 Å². The average Bonchev–Trinajstić information content (AvgIpc) is 3.08. The van der Waals surface area contributed by atoms with E-state index < -0.39 is 0 Å². The minimum absolute atomic E-state index is 0.0207. The van der Waals surface area contributed by atoms with Crippen molar-refractivity contribution in [1.29, 1.82) is 0 Å². The molecule has 0 N–H and O–H groups in total. The molecule has 2 aromatic carbocycles. The monoisotopic (exact) mass is 418 g/mol. The van der Waals surface area contributed by atoms with Crippen molar-refractivity contribution in [3.05, 3.63) is 70.0 Å². The third-order valence-electron chi connectivity index (χ3n) is 3.46. The number of methoxy groups -OCH3 is 1. The molecule has 0 spiro atoms. The summed E-state index contributed by atoms with van der Waals surface area (Å²) in [7, 11) is 1.63. The number of rotatable bonds is 7. The Kier molecular flexibility index (Phi) is 5.88. The van der Waals surface area contributed by atoms with Crippen molar-refractivity contribution >= 4 is 33.5 Å². The van der Waals surface area contributed by atoms with E-state index in [1.54, 1.807) is 19.2 Å². The molecule has 0 aliphatic rings. The van der Waals surface area contributed by atoms with Crippen molar-refractivity contribution in [3.63, 3.8) is 0 Å². The molecule has 0 unspecified atom stereocenters. The largest absolute Gasteiger partial charge is 0.497 e. The normalized spacial score (nSPS) is 10.6. The SMILES string of the molecule is COc1ccc(Cc2nnc(SCC(=O)c3ccc(Br)cc3)o2)cc1. The van der Waals surface area contributed by atoms with E-state index in [0.29, 0.717) is 23.1 Å². The summed E-state index contributed by atoms with van der Waals surface area (Å²) in [5.74, 6) is 1.60. The molecule has 0 radical (unpaired) electrons. The number of hydrogen-bond donors (Lipinski definition) is 0. The first-order valence-corrected chi connectivity index (χ1v) is 9.29. The maximum Gasteiger partial charge on any atom is 0.277 e. The van der Waals surface area contributed by atoms with Gasteiger partial charge in [0.05, 0.1) is 19.3 Å². The van der Waals surface area contributed by atoms with Gasteiger partial charge in [-0.1, -0.05) is 52.0 Å². The number of ether oxygens (including phenoxy) is 1. The van der Waals surface area contributed by atoms with Gasteiger partial charge >= 0.3 is 0 Å². The molecular formula is C18H15BrN2O3S. The van der Waals surface area contributed by atoms with Crippen LogP contribution in [-0.4, -0.2) is 28.8 Å². The Hall–Kier alpha value is -2.12. The Balaban J connectivity index is 1.56. The van der Waals surface area contributed by atoms with E-state index in [-0.39, 0.29) is 11.5 Å². The van der Waals surface area contributed by atoms with Gasteiger partial charge in [-0.3, -0.25) is 4.79 Å². The maximum absolute atomic E-state index is 12.1. The molecule has 128 valence electrons. The van der Waals surface area contributed by atoms with E-state index in [9.17, 15) is 4.79 Å². The van der Waals surface area contributed by atoms with E-state index in [2.05, 4.69) is 26.1 Å². The summed E-state index contributed by atoms with van der Waals surface area (Å²) in [6, 6.07) is 14.9. The van der Waals surface area contributed by atoms with Crippen molar-refractivity contribution in [3.8, 4) is 5.75 Å². The molecule has 3 aromatic rings. The van der Waals surface area contributed by atoms with Crippen LogP contribution in [0.2, 0.25) is 0 Å². The Morgan fingerprint density at radius 3 is 2.52 bits per heavy atom. The fraction of sp³-hybridized carbons (Fsp3) is 0.167. The highest BCUT2D eigenvalue weighted by Crippen LogP contribution is 2.20. The number of Topliss-reactive ketones (excluding diaryl/α,β-unsaturated/α-hetero) is 1. The standard InChI is InChI=1S/C18H15BrN2O3S/c1-23-15-8-2-12(3-9-15)10-17-20-21-18(24-17)25-11-16(22)13-4-6-14(19)7-5-13/h2-9H,10-11H2,1H3. The molecule has 0 bridgehead atoms. The molecule has 0 saturated heterocycles. The van der Waals surface area contributed by atoms with Gasteiger partial charge in [0.1, 0.15) is 5.75 Å². The van der Waals surface area contributed by atoms with E-state index in [1.165, 1.54) is 11.8 Å². The van der Waals surface area contributed by atoms with Crippen LogP contribution < -0.4 is 4.74 Å². The highest BCUT2D eigenvalue weighted by atomic mass is 79.9. The molecule has 3 rings (SSSR count). The summed E-state index contributed by atoms with van der Waals surface area (Å²) >= 11 is 4.59. The Labute approximate surface area is 157 Å². The van der Waals surface area contributed by atoms with Crippen LogP contribution in [0.5, 0.6) is 5.75 Å². The quantitative estimate of drug-likeness (QED) is 0.418. The van der Waals surface area contributed by atoms with Gasteiger partial charge in [0.25, 0.3) is 5.22 Å². The van der Waals surface area contributed by atoms with E-state index >= 15 is 0 Å². The second-order valence-corrected chi connectivity index (χ2v) is 7.05. The van der Waals surface area contributed by atoms with Crippen molar-refractivity contribution in [1.82, 2.24) is 10.2 Å². The minimum Gasteiger partial charge on any atom is -0.497 e. The topological polar surface area (TPSA) is 65.2 Å². The Morgan fingerprint density at radius 1 is 1.12 bits per heavy atom. The van der Waals surface area contributed by atoms with Gasteiger partial charge in [-0.05, 0) is 29.8 Å². The summed E-state index contributed by atoms with van der Waals surface area (Å²) in [5, 5.41) is 8.42. The average molecular weight is 419 g/mol. The van der Waals surface area contributed by atoms with Gasteiger partial charge in [0.15, 0.2) is 5.78 Å². The number of carbonyl (C=O) groups is 1. The lowest BCUT2D eigenvalue weighted by Gasteiger charge is -2.00. The molecule has 1 aromatic heterocycles. The van der Waals surface area contributed by atoms with Crippen LogP contribution in [0.15, 0.2) is 62.6 Å². The number of halogens is 1. The van der Waals surface area contributed by atoms with E-state index in [0.717, 1.165) is 15.8 Å². The third-order valence-corrected chi connectivity index (χ3v) is 4.80. The van der Waals surface area contributed by atoms with Crippen molar-refractivity contribution in [2.75, 3.05) is 12.9 Å². The van der Waals surface area contributed by atoms with E-state index in [1.807, 2.05) is 36.4 Å². The number of nitrogens with zero attached hydrogens (tertiary/aromatic N) is 2. The molecular weight excluding hydrogens is 404 g/mol. The van der Waals surface area contributed by atoms with Crippen molar-refractivity contribution < 1.29 is 13.9 Å². The van der Waals surface area contributed by atoms with Crippen LogP contribution in [0.25, 0.3) is 0 Å². The van der Waals surface area contributed by atoms with Crippen LogP contribution in [0, 0.1) is 0 Å². The van der Waals surface area contributed by atoms with Crippen LogP contribution >= 0.6 is 27.7 Å². The lowest BCUT2D eigenvalue weighted by molar-refractivity contribution is 0.102. The number of aromatic nitrogens is 2. The molecule has 5 nitrogen and oxygen atoms in total. The zero-order chi connectivity index (χ0) is 17.6. The van der Waals surface area contributed by atoms with Crippen LogP contribution in [-0.2, 0) is 6.42 Å². The summed E-state index contributed by atoms with van der Waals surface area (Å²) in [4.78, 5) is 12.1. The molecule has 0 atom stereocenters. The van der Waals surface area contributed by atoms with Crippen molar-refractivity contribution in [2.45, 2.75) is 11.6 Å². The first kappa shape index (κ1) is 17.7. The molecule has 25 heavy (non-hydrogen) atoms. The van der Waals surface area contributed by atoms with Gasteiger partial charge in [0, 0.05) is 10.0 Å². The number of ketones is 1. The molecule has 0 aliphatic carbocycles. The number of benzene rings is 2. The Bertz CT molecular complexity index is 848. The second-order valence-electron chi connectivity index (χ2n) is 5.21. The zero-order valence-electron chi connectivity index (χ0n) is 13.4. The third kappa shape index (κ3) is 4.93. The summed E-state index contributed by atoms with van der Waals surface area (Å²) in [6.45, 7) is 0.